The largest absolute Gasteiger partial charge is 0.352 e. The third-order valence-corrected chi connectivity index (χ3v) is 3.53. The van der Waals surface area contributed by atoms with E-state index in [2.05, 4.69) is 40.4 Å². The fourth-order valence-electron chi connectivity index (χ4n) is 2.43. The van der Waals surface area contributed by atoms with Crippen molar-refractivity contribution in [2.75, 3.05) is 36.0 Å². The lowest BCUT2D eigenvalue weighted by Gasteiger charge is -2.35. The molecule has 0 bridgehead atoms. The number of hydrogen-bond donors (Lipinski definition) is 0. The van der Waals surface area contributed by atoms with Crippen molar-refractivity contribution in [3.8, 4) is 0 Å². The van der Waals surface area contributed by atoms with Crippen LogP contribution in [0.2, 0.25) is 0 Å². The van der Waals surface area contributed by atoms with Crippen LogP contribution in [0.4, 0.5) is 11.6 Å². The number of fused-ring (bicyclic) bond motifs is 1. The van der Waals surface area contributed by atoms with Crippen LogP contribution in [0.1, 0.15) is 0 Å². The molecule has 4 heterocycles. The van der Waals surface area contributed by atoms with Gasteiger partial charge >= 0.3 is 0 Å². The maximum Gasteiger partial charge on any atom is 0.200 e. The summed E-state index contributed by atoms with van der Waals surface area (Å²) in [6, 6.07) is 3.82. The zero-order valence-electron chi connectivity index (χ0n) is 11.2. The van der Waals surface area contributed by atoms with Gasteiger partial charge in [-0.1, -0.05) is 0 Å². The number of anilines is 2. The summed E-state index contributed by atoms with van der Waals surface area (Å²) in [6.07, 6.45) is 5.20. The van der Waals surface area contributed by atoms with Gasteiger partial charge in [0, 0.05) is 38.6 Å². The van der Waals surface area contributed by atoms with Crippen LogP contribution < -0.4 is 9.80 Å². The van der Waals surface area contributed by atoms with Crippen molar-refractivity contribution < 1.29 is 0 Å². The summed E-state index contributed by atoms with van der Waals surface area (Å²) in [5.41, 5.74) is 0.650. The van der Waals surface area contributed by atoms with Crippen LogP contribution in [-0.2, 0) is 0 Å². The van der Waals surface area contributed by atoms with Gasteiger partial charge in [0.05, 0.1) is 6.20 Å². The lowest BCUT2D eigenvalue weighted by atomic mass is 10.3. The van der Waals surface area contributed by atoms with E-state index in [-0.39, 0.29) is 0 Å². The molecule has 1 saturated heterocycles. The molecular weight excluding hydrogens is 270 g/mol. The summed E-state index contributed by atoms with van der Waals surface area (Å²) in [6.45, 7) is 3.51. The first-order valence-electron chi connectivity index (χ1n) is 6.71. The Morgan fingerprint density at radius 2 is 1.71 bits per heavy atom. The summed E-state index contributed by atoms with van der Waals surface area (Å²) in [5.74, 6) is 1.80. The lowest BCUT2D eigenvalue weighted by molar-refractivity contribution is 0.627. The molecule has 1 aliphatic rings. The number of aromatic nitrogens is 7. The molecule has 9 heteroatoms. The predicted molar refractivity (Wildman–Crippen MR) is 75.0 cm³/mol. The van der Waals surface area contributed by atoms with E-state index in [0.717, 1.165) is 37.8 Å². The molecule has 3 aromatic heterocycles. The summed E-state index contributed by atoms with van der Waals surface area (Å²) in [5, 5.41) is 15.7. The van der Waals surface area contributed by atoms with E-state index in [4.69, 9.17) is 0 Å². The summed E-state index contributed by atoms with van der Waals surface area (Å²) in [4.78, 5) is 12.9. The highest BCUT2D eigenvalue weighted by Crippen LogP contribution is 2.16. The molecule has 3 aromatic rings. The van der Waals surface area contributed by atoms with E-state index in [0.29, 0.717) is 5.65 Å². The Bertz CT molecular complexity index is 733. The molecule has 0 atom stereocenters. The predicted octanol–water partition coefficient (Wildman–Crippen LogP) is -0.364. The first kappa shape index (κ1) is 11.9. The highest BCUT2D eigenvalue weighted by atomic mass is 15.6. The van der Waals surface area contributed by atoms with Gasteiger partial charge in [0.2, 0.25) is 0 Å². The van der Waals surface area contributed by atoms with Gasteiger partial charge in [-0.3, -0.25) is 4.98 Å². The maximum atomic E-state index is 4.42. The number of rotatable bonds is 2. The summed E-state index contributed by atoms with van der Waals surface area (Å²) in [7, 11) is 0. The van der Waals surface area contributed by atoms with Crippen molar-refractivity contribution in [3.05, 3.63) is 30.7 Å². The third kappa shape index (κ3) is 2.22. The number of hydrogen-bond acceptors (Lipinski definition) is 8. The molecule has 0 saturated carbocycles. The van der Waals surface area contributed by atoms with E-state index in [1.807, 2.05) is 12.1 Å². The number of tetrazole rings is 1. The quantitative estimate of drug-likeness (QED) is 0.630. The Hall–Kier alpha value is -2.84. The van der Waals surface area contributed by atoms with Gasteiger partial charge in [-0.05, 0) is 22.6 Å². The van der Waals surface area contributed by atoms with Gasteiger partial charge < -0.3 is 9.80 Å². The molecule has 0 radical (unpaired) electrons. The van der Waals surface area contributed by atoms with Gasteiger partial charge in [0.1, 0.15) is 5.82 Å². The van der Waals surface area contributed by atoms with Gasteiger partial charge in [0.15, 0.2) is 11.5 Å². The Kier molecular flexibility index (Phi) is 2.80. The Morgan fingerprint density at radius 1 is 0.905 bits per heavy atom. The van der Waals surface area contributed by atoms with E-state index in [1.165, 1.54) is 4.63 Å². The second-order valence-electron chi connectivity index (χ2n) is 4.76. The Balaban J connectivity index is 1.49. The average molecular weight is 283 g/mol. The molecular formula is C12H13N9. The lowest BCUT2D eigenvalue weighted by Crippen LogP contribution is -2.47. The van der Waals surface area contributed by atoms with Crippen LogP contribution >= 0.6 is 0 Å². The molecule has 0 spiro atoms. The molecule has 1 aliphatic heterocycles. The highest BCUT2D eigenvalue weighted by molar-refractivity contribution is 5.46. The average Bonchev–Trinajstić information content (AvgIpc) is 3.03. The fraction of sp³-hybridized carbons (Fsp3) is 0.333. The molecule has 21 heavy (non-hydrogen) atoms. The Labute approximate surface area is 120 Å². The van der Waals surface area contributed by atoms with E-state index < -0.39 is 0 Å². The van der Waals surface area contributed by atoms with E-state index >= 15 is 0 Å². The van der Waals surface area contributed by atoms with Crippen molar-refractivity contribution in [1.29, 1.82) is 0 Å². The first-order valence-corrected chi connectivity index (χ1v) is 6.71. The third-order valence-electron chi connectivity index (χ3n) is 3.53. The van der Waals surface area contributed by atoms with Gasteiger partial charge in [-0.2, -0.15) is 0 Å². The molecule has 0 N–H and O–H groups in total. The number of nitrogens with zero attached hydrogens (tertiary/aromatic N) is 9. The molecule has 106 valence electrons. The van der Waals surface area contributed by atoms with Crippen LogP contribution in [-0.4, -0.2) is 61.4 Å². The SMILES string of the molecule is c1cnc(N2CCN(c3ccc4nnnn4n3)CC2)cn1. The van der Waals surface area contributed by atoms with Crippen molar-refractivity contribution in [1.82, 2.24) is 35.2 Å². The topological polar surface area (TPSA) is 88.2 Å². The maximum absolute atomic E-state index is 4.42. The van der Waals surface area contributed by atoms with Crippen LogP contribution in [0.25, 0.3) is 5.65 Å². The smallest absolute Gasteiger partial charge is 0.200 e. The molecule has 9 nitrogen and oxygen atoms in total. The fourth-order valence-corrected chi connectivity index (χ4v) is 2.43. The van der Waals surface area contributed by atoms with Gasteiger partial charge in [-0.25, -0.2) is 4.98 Å². The molecule has 0 unspecified atom stereocenters. The molecule has 4 rings (SSSR count). The monoisotopic (exact) mass is 283 g/mol. The standard InChI is InChI=1S/C12H13N9/c1-2-11(16-21-10(1)15-17-18-21)19-5-7-20(8-6-19)12-9-13-3-4-14-12/h1-4,9H,5-8H2. The van der Waals surface area contributed by atoms with Crippen LogP contribution in [0.3, 0.4) is 0 Å². The molecule has 0 aromatic carbocycles. The van der Waals surface area contributed by atoms with Crippen LogP contribution in [0, 0.1) is 0 Å². The zero-order chi connectivity index (χ0) is 14.1. The summed E-state index contributed by atoms with van der Waals surface area (Å²) < 4.78 is 1.45. The second-order valence-corrected chi connectivity index (χ2v) is 4.76. The minimum atomic E-state index is 0.650. The van der Waals surface area contributed by atoms with Crippen molar-refractivity contribution in [2.45, 2.75) is 0 Å². The minimum Gasteiger partial charge on any atom is -0.352 e. The van der Waals surface area contributed by atoms with Gasteiger partial charge in [-0.15, -0.1) is 14.8 Å². The zero-order valence-corrected chi connectivity index (χ0v) is 11.2. The van der Waals surface area contributed by atoms with Crippen LogP contribution in [0.15, 0.2) is 30.7 Å². The molecule has 1 fully saturated rings. The molecule has 0 aliphatic carbocycles. The Morgan fingerprint density at radius 3 is 2.48 bits per heavy atom. The van der Waals surface area contributed by atoms with Crippen molar-refractivity contribution in [2.24, 2.45) is 0 Å². The van der Waals surface area contributed by atoms with Crippen molar-refractivity contribution >= 4 is 17.3 Å². The normalized spacial score (nSPS) is 15.6. The van der Waals surface area contributed by atoms with Crippen LogP contribution in [0.5, 0.6) is 0 Å². The van der Waals surface area contributed by atoms with Crippen molar-refractivity contribution in [3.63, 3.8) is 0 Å². The molecule has 0 amide bonds. The minimum absolute atomic E-state index is 0.650. The first-order chi connectivity index (χ1) is 10.4. The van der Waals surface area contributed by atoms with Gasteiger partial charge in [0.25, 0.3) is 0 Å². The highest BCUT2D eigenvalue weighted by Gasteiger charge is 2.19. The van der Waals surface area contributed by atoms with E-state index in [1.54, 1.807) is 18.6 Å². The number of piperazine rings is 1. The summed E-state index contributed by atoms with van der Waals surface area (Å²) >= 11 is 0. The second kappa shape index (κ2) is 4.93. The van der Waals surface area contributed by atoms with E-state index in [9.17, 15) is 0 Å².